The maximum Gasteiger partial charge on any atom is 0.338 e. The van der Waals surface area contributed by atoms with Gasteiger partial charge in [-0.25, -0.2) is 13.2 Å². The zero-order valence-corrected chi connectivity index (χ0v) is 14.7. The number of hydrogen-bond acceptors (Lipinski definition) is 6. The van der Waals surface area contributed by atoms with Gasteiger partial charge in [0.1, 0.15) is 4.90 Å². The Balaban J connectivity index is 2.11. The van der Waals surface area contributed by atoms with Crippen molar-refractivity contribution in [2.45, 2.75) is 23.8 Å². The summed E-state index contributed by atoms with van der Waals surface area (Å²) in [6.45, 7) is -0.433. The van der Waals surface area contributed by atoms with Crippen molar-refractivity contribution in [1.29, 1.82) is 0 Å². The molecule has 8 nitrogen and oxygen atoms in total. The van der Waals surface area contributed by atoms with Gasteiger partial charge in [0.15, 0.2) is 6.61 Å². The Labute approximate surface area is 144 Å². The topological polar surface area (TPSA) is 102 Å². The number of benzene rings is 1. The van der Waals surface area contributed by atoms with Crippen LogP contribution in [-0.4, -0.2) is 51.6 Å². The van der Waals surface area contributed by atoms with Crippen molar-refractivity contribution in [3.05, 3.63) is 28.8 Å². The highest BCUT2D eigenvalue weighted by Crippen LogP contribution is 2.25. The van der Waals surface area contributed by atoms with Gasteiger partial charge in [-0.15, -0.1) is 0 Å². The second kappa shape index (κ2) is 7.47. The third-order valence-electron chi connectivity index (χ3n) is 3.32. The molecule has 132 valence electrons. The van der Waals surface area contributed by atoms with Crippen molar-refractivity contribution in [1.82, 2.24) is 9.79 Å². The Bertz CT molecular complexity index is 748. The molecule has 0 bridgehead atoms. The Morgan fingerprint density at radius 2 is 2.04 bits per heavy atom. The third-order valence-corrected chi connectivity index (χ3v) is 5.48. The van der Waals surface area contributed by atoms with Crippen molar-refractivity contribution >= 4 is 33.5 Å². The molecule has 24 heavy (non-hydrogen) atoms. The normalized spacial score (nSPS) is 14.5. The van der Waals surface area contributed by atoms with Gasteiger partial charge in [0.25, 0.3) is 15.9 Å². The molecule has 1 N–H and O–H groups in total. The Morgan fingerprint density at radius 1 is 1.38 bits per heavy atom. The summed E-state index contributed by atoms with van der Waals surface area (Å²) < 4.78 is 30.0. The molecule has 1 amide bonds. The molecular weight excluding hydrogens is 360 g/mol. The second-order valence-corrected chi connectivity index (χ2v) is 7.47. The highest BCUT2D eigenvalue weighted by atomic mass is 35.5. The minimum Gasteiger partial charge on any atom is -0.452 e. The zero-order chi connectivity index (χ0) is 17.9. The Morgan fingerprint density at radius 3 is 2.62 bits per heavy atom. The molecule has 0 spiro atoms. The van der Waals surface area contributed by atoms with Gasteiger partial charge in [-0.1, -0.05) is 16.1 Å². The van der Waals surface area contributed by atoms with E-state index in [9.17, 15) is 18.0 Å². The Hall–Kier alpha value is -1.68. The van der Waals surface area contributed by atoms with Crippen LogP contribution < -0.4 is 5.32 Å². The number of hydroxylamine groups is 1. The van der Waals surface area contributed by atoms with Crippen molar-refractivity contribution in [3.63, 3.8) is 0 Å². The van der Waals surface area contributed by atoms with Gasteiger partial charge in [-0.2, -0.15) is 0 Å². The number of amides is 1. The number of hydrogen-bond donors (Lipinski definition) is 1. The van der Waals surface area contributed by atoms with Gasteiger partial charge in [0, 0.05) is 13.1 Å². The highest BCUT2D eigenvalue weighted by Gasteiger charge is 2.26. The number of carbonyl (C=O) groups excluding carboxylic acids is 2. The molecule has 0 aliphatic heterocycles. The van der Waals surface area contributed by atoms with Gasteiger partial charge in [-0.3, -0.25) is 9.63 Å². The summed E-state index contributed by atoms with van der Waals surface area (Å²) in [5, 5.41) is 2.60. The first-order valence-electron chi connectivity index (χ1n) is 7.04. The average Bonchev–Trinajstić information content (AvgIpc) is 3.35. The average molecular weight is 377 g/mol. The molecule has 1 aliphatic carbocycles. The van der Waals surface area contributed by atoms with Gasteiger partial charge >= 0.3 is 5.97 Å². The fraction of sp³-hybridized carbons (Fsp3) is 0.429. The summed E-state index contributed by atoms with van der Waals surface area (Å²) in [6.07, 6.45) is 1.84. The summed E-state index contributed by atoms with van der Waals surface area (Å²) in [6, 6.07) is 3.82. The lowest BCUT2D eigenvalue weighted by Gasteiger charge is -2.15. The van der Waals surface area contributed by atoms with E-state index >= 15 is 0 Å². The van der Waals surface area contributed by atoms with E-state index in [4.69, 9.17) is 16.3 Å². The number of sulfonamides is 1. The van der Waals surface area contributed by atoms with E-state index in [1.165, 1.54) is 26.3 Å². The van der Waals surface area contributed by atoms with Crippen LogP contribution in [0.5, 0.6) is 0 Å². The fourth-order valence-electron chi connectivity index (χ4n) is 1.78. The minimum absolute atomic E-state index is 0.0401. The maximum absolute atomic E-state index is 12.3. The van der Waals surface area contributed by atoms with Crippen LogP contribution in [0.4, 0.5) is 0 Å². The smallest absolute Gasteiger partial charge is 0.338 e. The summed E-state index contributed by atoms with van der Waals surface area (Å²) in [7, 11) is -1.65. The molecular formula is C14H17ClN2O6S. The molecule has 0 atom stereocenters. The molecule has 0 heterocycles. The molecule has 0 unspecified atom stereocenters. The van der Waals surface area contributed by atoms with E-state index in [0.717, 1.165) is 18.9 Å². The van der Waals surface area contributed by atoms with Crippen LogP contribution in [0.2, 0.25) is 5.02 Å². The lowest BCUT2D eigenvalue weighted by atomic mass is 10.2. The number of nitrogens with one attached hydrogen (secondary N) is 1. The van der Waals surface area contributed by atoms with E-state index < -0.39 is 28.5 Å². The summed E-state index contributed by atoms with van der Waals surface area (Å²) in [5.41, 5.74) is -0.0401. The molecule has 1 aromatic carbocycles. The van der Waals surface area contributed by atoms with Crippen molar-refractivity contribution in [2.24, 2.45) is 0 Å². The minimum atomic E-state index is -4.02. The van der Waals surface area contributed by atoms with E-state index in [2.05, 4.69) is 10.2 Å². The number of rotatable bonds is 7. The first-order valence-corrected chi connectivity index (χ1v) is 8.86. The van der Waals surface area contributed by atoms with Crippen LogP contribution in [0, 0.1) is 0 Å². The fourth-order valence-corrected chi connectivity index (χ4v) is 3.25. The van der Waals surface area contributed by atoms with Crippen LogP contribution in [0.3, 0.4) is 0 Å². The van der Waals surface area contributed by atoms with Gasteiger partial charge in [0.2, 0.25) is 0 Å². The van der Waals surface area contributed by atoms with Gasteiger partial charge < -0.3 is 10.1 Å². The van der Waals surface area contributed by atoms with E-state index in [1.54, 1.807) is 0 Å². The molecule has 0 radical (unpaired) electrons. The molecule has 0 aromatic heterocycles. The predicted molar refractivity (Wildman–Crippen MR) is 84.9 cm³/mol. The molecule has 10 heteroatoms. The highest BCUT2D eigenvalue weighted by molar-refractivity contribution is 7.89. The van der Waals surface area contributed by atoms with Crippen molar-refractivity contribution in [2.75, 3.05) is 20.8 Å². The second-order valence-electron chi connectivity index (χ2n) is 5.16. The number of halogens is 1. The van der Waals surface area contributed by atoms with Crippen molar-refractivity contribution < 1.29 is 27.6 Å². The predicted octanol–water partition coefficient (Wildman–Crippen LogP) is 0.957. The largest absolute Gasteiger partial charge is 0.452 e. The monoisotopic (exact) mass is 376 g/mol. The molecule has 0 saturated heterocycles. The maximum atomic E-state index is 12.3. The zero-order valence-electron chi connectivity index (χ0n) is 13.1. The summed E-state index contributed by atoms with van der Waals surface area (Å²) >= 11 is 5.90. The number of ether oxygens (including phenoxy) is 1. The number of carbonyl (C=O) groups is 2. The van der Waals surface area contributed by atoms with Crippen LogP contribution in [0.1, 0.15) is 23.2 Å². The van der Waals surface area contributed by atoms with Gasteiger partial charge in [-0.05, 0) is 31.0 Å². The number of nitrogens with zero attached hydrogens (tertiary/aromatic N) is 1. The van der Waals surface area contributed by atoms with Gasteiger partial charge in [0.05, 0.1) is 17.7 Å². The SMILES string of the molecule is CON(C)S(=O)(=O)c1cc(C(=O)OCC(=O)NC2CC2)ccc1Cl. The first kappa shape index (κ1) is 18.7. The van der Waals surface area contributed by atoms with Crippen LogP contribution in [-0.2, 0) is 24.4 Å². The molecule has 2 rings (SSSR count). The van der Waals surface area contributed by atoms with Crippen LogP contribution in [0.15, 0.2) is 23.1 Å². The summed E-state index contributed by atoms with van der Waals surface area (Å²) in [5.74, 6) is -1.22. The molecule has 1 saturated carbocycles. The lowest BCUT2D eigenvalue weighted by molar-refractivity contribution is -0.124. The van der Waals surface area contributed by atoms with E-state index in [0.29, 0.717) is 4.47 Å². The summed E-state index contributed by atoms with van der Waals surface area (Å²) in [4.78, 5) is 27.9. The quantitative estimate of drug-likeness (QED) is 0.561. The van der Waals surface area contributed by atoms with E-state index in [1.807, 2.05) is 0 Å². The van der Waals surface area contributed by atoms with E-state index in [-0.39, 0.29) is 21.5 Å². The first-order chi connectivity index (χ1) is 11.3. The Kier molecular flexibility index (Phi) is 5.81. The molecule has 1 aliphatic rings. The lowest BCUT2D eigenvalue weighted by Crippen LogP contribution is -2.30. The standard InChI is InChI=1S/C14H17ClN2O6S/c1-17(22-2)24(20,21)12-7-9(3-6-11(12)15)14(19)23-8-13(18)16-10-4-5-10/h3,6-7,10H,4-5,8H2,1-2H3,(H,16,18). The van der Waals surface area contributed by atoms with Crippen LogP contribution in [0.25, 0.3) is 0 Å². The van der Waals surface area contributed by atoms with Crippen LogP contribution >= 0.6 is 11.6 Å². The number of esters is 1. The van der Waals surface area contributed by atoms with Crippen molar-refractivity contribution in [3.8, 4) is 0 Å². The molecule has 1 aromatic rings. The third kappa shape index (κ3) is 4.44. The molecule has 1 fully saturated rings.